The predicted octanol–water partition coefficient (Wildman–Crippen LogP) is 2.63. The van der Waals surface area contributed by atoms with Crippen LogP contribution in [-0.4, -0.2) is 44.5 Å². The van der Waals surface area contributed by atoms with Gasteiger partial charge in [0.1, 0.15) is 17.7 Å². The number of aliphatic hydroxyl groups is 1. The van der Waals surface area contributed by atoms with Crippen LogP contribution in [-0.2, 0) is 13.6 Å². The molecule has 0 saturated heterocycles. The molecule has 0 radical (unpaired) electrons. The van der Waals surface area contributed by atoms with E-state index in [9.17, 15) is 14.7 Å². The monoisotopic (exact) mass is 480 g/mol. The zero-order valence-electron chi connectivity index (χ0n) is 20.2. The number of nitrogens with zero attached hydrogens (tertiary/aromatic N) is 3. The highest BCUT2D eigenvalue weighted by Gasteiger charge is 2.20. The number of hydrogen-bond donors (Lipinski definition) is 2. The molecular weight excluding hydrogens is 452 g/mol. The van der Waals surface area contributed by atoms with Crippen LogP contribution < -0.4 is 25.5 Å². The maximum Gasteiger partial charge on any atom is 0.330 e. The smallest absolute Gasteiger partial charge is 0.330 e. The Morgan fingerprint density at radius 3 is 2.37 bits per heavy atom. The van der Waals surface area contributed by atoms with Crippen LogP contribution in [0, 0.1) is 0 Å². The Hall–Kier alpha value is -4.05. The highest BCUT2D eigenvalue weighted by atomic mass is 16.5. The molecule has 2 heterocycles. The molecular formula is C25H28N4O6. The Morgan fingerprint density at radius 1 is 1.03 bits per heavy atom. The van der Waals surface area contributed by atoms with Crippen LogP contribution in [0.5, 0.6) is 17.2 Å². The van der Waals surface area contributed by atoms with Crippen molar-refractivity contribution in [3.8, 4) is 28.6 Å². The number of aromatic amines is 1. The molecule has 2 unspecified atom stereocenters. The van der Waals surface area contributed by atoms with Crippen molar-refractivity contribution in [2.45, 2.75) is 32.6 Å². The highest BCUT2D eigenvalue weighted by molar-refractivity contribution is 5.77. The van der Waals surface area contributed by atoms with E-state index in [4.69, 9.17) is 14.2 Å². The number of benzene rings is 2. The fourth-order valence-corrected chi connectivity index (χ4v) is 3.98. The second kappa shape index (κ2) is 9.67. The van der Waals surface area contributed by atoms with Gasteiger partial charge in [0.15, 0.2) is 22.7 Å². The standard InChI is InChI=1S/C25H28N4O6/c1-14(30)13-29-23-21(24(31)27-25(29)32)28(3)22(26-23)17-8-11-19(20(12-17)34-5)35-15(2)16-6-9-18(33-4)10-7-16/h6-12,14-15,30H,13H2,1-5H3,(H,27,31,32). The molecule has 0 aliphatic carbocycles. The van der Waals surface area contributed by atoms with Gasteiger partial charge in [-0.05, 0) is 49.7 Å². The second-order valence-electron chi connectivity index (χ2n) is 8.28. The number of ether oxygens (including phenoxy) is 3. The number of aliphatic hydroxyl groups excluding tert-OH is 1. The lowest BCUT2D eigenvalue weighted by atomic mass is 10.1. The van der Waals surface area contributed by atoms with Crippen molar-refractivity contribution >= 4 is 11.2 Å². The number of fused-ring (bicyclic) bond motifs is 1. The third-order valence-corrected chi connectivity index (χ3v) is 5.77. The van der Waals surface area contributed by atoms with Crippen molar-refractivity contribution in [3.05, 3.63) is 68.9 Å². The van der Waals surface area contributed by atoms with Gasteiger partial charge in [0.05, 0.1) is 26.9 Å². The summed E-state index contributed by atoms with van der Waals surface area (Å²) in [6.45, 7) is 3.50. The van der Waals surface area contributed by atoms with Crippen LogP contribution in [0.3, 0.4) is 0 Å². The molecule has 2 aromatic heterocycles. The van der Waals surface area contributed by atoms with Gasteiger partial charge >= 0.3 is 5.69 Å². The van der Waals surface area contributed by atoms with Crippen LogP contribution in [0.4, 0.5) is 0 Å². The molecule has 0 saturated carbocycles. The lowest BCUT2D eigenvalue weighted by Gasteiger charge is -2.18. The van der Waals surface area contributed by atoms with Crippen molar-refractivity contribution in [2.24, 2.45) is 7.05 Å². The van der Waals surface area contributed by atoms with Crippen LogP contribution in [0.25, 0.3) is 22.6 Å². The topological polar surface area (TPSA) is 121 Å². The van der Waals surface area contributed by atoms with Gasteiger partial charge in [-0.1, -0.05) is 12.1 Å². The van der Waals surface area contributed by atoms with Crippen LogP contribution in [0.1, 0.15) is 25.5 Å². The fourth-order valence-electron chi connectivity index (χ4n) is 3.98. The zero-order chi connectivity index (χ0) is 25.3. The predicted molar refractivity (Wildman–Crippen MR) is 131 cm³/mol. The van der Waals surface area contributed by atoms with Crippen molar-refractivity contribution in [2.75, 3.05) is 14.2 Å². The normalized spacial score (nSPS) is 13.0. The summed E-state index contributed by atoms with van der Waals surface area (Å²) < 4.78 is 19.8. The van der Waals surface area contributed by atoms with Crippen molar-refractivity contribution in [3.63, 3.8) is 0 Å². The first kappa shape index (κ1) is 24.1. The number of hydrogen-bond acceptors (Lipinski definition) is 7. The summed E-state index contributed by atoms with van der Waals surface area (Å²) in [5.41, 5.74) is 0.899. The Balaban J connectivity index is 1.72. The molecule has 0 aliphatic heterocycles. The lowest BCUT2D eigenvalue weighted by Crippen LogP contribution is -2.33. The largest absolute Gasteiger partial charge is 0.497 e. The minimum Gasteiger partial charge on any atom is -0.497 e. The molecule has 0 fully saturated rings. The van der Waals surface area contributed by atoms with Gasteiger partial charge in [0.2, 0.25) is 0 Å². The number of nitrogens with one attached hydrogen (secondary N) is 1. The Kier molecular flexibility index (Phi) is 6.65. The summed E-state index contributed by atoms with van der Waals surface area (Å²) in [7, 11) is 4.86. The fraction of sp³-hybridized carbons (Fsp3) is 0.320. The summed E-state index contributed by atoms with van der Waals surface area (Å²) in [6.07, 6.45) is -1.04. The summed E-state index contributed by atoms with van der Waals surface area (Å²) in [6, 6.07) is 13.0. The molecule has 184 valence electrons. The first-order chi connectivity index (χ1) is 16.7. The first-order valence-electron chi connectivity index (χ1n) is 11.1. The molecule has 35 heavy (non-hydrogen) atoms. The molecule has 4 aromatic rings. The van der Waals surface area contributed by atoms with Gasteiger partial charge in [-0.25, -0.2) is 9.78 Å². The molecule has 0 spiro atoms. The van der Waals surface area contributed by atoms with E-state index in [1.54, 1.807) is 44.9 Å². The number of imidazole rings is 1. The number of rotatable bonds is 8. The average molecular weight is 481 g/mol. The van der Waals surface area contributed by atoms with E-state index in [1.165, 1.54) is 4.57 Å². The zero-order valence-corrected chi connectivity index (χ0v) is 20.2. The first-order valence-corrected chi connectivity index (χ1v) is 11.1. The van der Waals surface area contributed by atoms with Gasteiger partial charge in [-0.15, -0.1) is 0 Å². The molecule has 4 rings (SSSR count). The minimum atomic E-state index is -0.795. The molecule has 2 N–H and O–H groups in total. The Labute approximate surface area is 201 Å². The van der Waals surface area contributed by atoms with Crippen LogP contribution in [0.2, 0.25) is 0 Å². The van der Waals surface area contributed by atoms with E-state index in [2.05, 4.69) is 9.97 Å². The third-order valence-electron chi connectivity index (χ3n) is 5.77. The van der Waals surface area contributed by atoms with E-state index in [1.807, 2.05) is 37.3 Å². The van der Waals surface area contributed by atoms with E-state index in [-0.39, 0.29) is 23.8 Å². The van der Waals surface area contributed by atoms with Gasteiger partial charge < -0.3 is 23.9 Å². The quantitative estimate of drug-likeness (QED) is 0.398. The van der Waals surface area contributed by atoms with Gasteiger partial charge in [-0.3, -0.25) is 14.3 Å². The van der Waals surface area contributed by atoms with Gasteiger partial charge in [0.25, 0.3) is 5.56 Å². The number of H-pyrrole nitrogens is 1. The van der Waals surface area contributed by atoms with Crippen molar-refractivity contribution in [1.82, 2.24) is 19.1 Å². The maximum atomic E-state index is 12.5. The molecule has 10 heteroatoms. The van der Waals surface area contributed by atoms with Gasteiger partial charge in [-0.2, -0.15) is 0 Å². The number of aromatic nitrogens is 4. The molecule has 0 aliphatic rings. The summed E-state index contributed by atoms with van der Waals surface area (Å²) >= 11 is 0. The third kappa shape index (κ3) is 4.65. The molecule has 0 amide bonds. The summed E-state index contributed by atoms with van der Waals surface area (Å²) in [4.78, 5) is 31.8. The maximum absolute atomic E-state index is 12.5. The summed E-state index contributed by atoms with van der Waals surface area (Å²) in [5.74, 6) is 2.26. The average Bonchev–Trinajstić information content (AvgIpc) is 3.19. The van der Waals surface area contributed by atoms with Crippen molar-refractivity contribution < 1.29 is 19.3 Å². The SMILES string of the molecule is COc1ccc(C(C)Oc2ccc(-c3nc4c(c(=O)[nH]c(=O)n4CC(C)O)n3C)cc2OC)cc1. The van der Waals surface area contributed by atoms with Gasteiger partial charge in [0, 0.05) is 12.6 Å². The van der Waals surface area contributed by atoms with E-state index in [0.29, 0.717) is 22.9 Å². The Morgan fingerprint density at radius 2 is 1.74 bits per heavy atom. The molecule has 2 atom stereocenters. The summed E-state index contributed by atoms with van der Waals surface area (Å²) in [5, 5.41) is 9.81. The van der Waals surface area contributed by atoms with Crippen molar-refractivity contribution in [1.29, 1.82) is 0 Å². The Bertz CT molecular complexity index is 1470. The van der Waals surface area contributed by atoms with E-state index < -0.39 is 17.4 Å². The highest BCUT2D eigenvalue weighted by Crippen LogP contribution is 2.35. The van der Waals surface area contributed by atoms with Crippen LogP contribution in [0.15, 0.2) is 52.1 Å². The molecule has 2 aromatic carbocycles. The minimum absolute atomic E-state index is 0.00190. The number of aryl methyl sites for hydroxylation is 1. The van der Waals surface area contributed by atoms with E-state index >= 15 is 0 Å². The van der Waals surface area contributed by atoms with Crippen LogP contribution >= 0.6 is 0 Å². The second-order valence-corrected chi connectivity index (χ2v) is 8.28. The lowest BCUT2D eigenvalue weighted by molar-refractivity contribution is 0.173. The molecule has 10 nitrogen and oxygen atoms in total. The molecule has 0 bridgehead atoms. The number of methoxy groups -OCH3 is 2. The van der Waals surface area contributed by atoms with E-state index in [0.717, 1.165) is 11.3 Å².